The highest BCUT2D eigenvalue weighted by Gasteiger charge is 2.55. The second-order valence-electron chi connectivity index (χ2n) is 15.4. The summed E-state index contributed by atoms with van der Waals surface area (Å²) in [6.07, 6.45) is 0.944. The van der Waals surface area contributed by atoms with Crippen LogP contribution in [0.25, 0.3) is 0 Å². The topological polar surface area (TPSA) is 123 Å². The van der Waals surface area contributed by atoms with Gasteiger partial charge < -0.3 is 24.8 Å². The number of nitrogens with one attached hydrogen (secondary N) is 2. The minimum atomic E-state index is -1.76. The molecular formula is C38H54ClN3O7. The minimum absolute atomic E-state index is 0.0377. The Labute approximate surface area is 296 Å². The zero-order chi connectivity index (χ0) is 37.1. The molecule has 2 unspecified atom stereocenters. The first kappa shape index (κ1) is 39.8. The highest BCUT2D eigenvalue weighted by atomic mass is 35.5. The first-order valence-corrected chi connectivity index (χ1v) is 17.4. The molecule has 2 aromatic carbocycles. The van der Waals surface area contributed by atoms with E-state index in [4.69, 9.17) is 25.8 Å². The third-order valence-corrected chi connectivity index (χ3v) is 9.72. The lowest BCUT2D eigenvalue weighted by molar-refractivity contribution is -0.145. The van der Waals surface area contributed by atoms with Gasteiger partial charge in [-0.3, -0.25) is 14.4 Å². The van der Waals surface area contributed by atoms with E-state index in [0.29, 0.717) is 17.0 Å². The second-order valence-corrected chi connectivity index (χ2v) is 15.8. The van der Waals surface area contributed by atoms with Crippen LogP contribution >= 0.6 is 11.6 Å². The van der Waals surface area contributed by atoms with E-state index in [2.05, 4.69) is 64.3 Å². The summed E-state index contributed by atoms with van der Waals surface area (Å²) in [6, 6.07) is 9.54. The molecule has 2 aromatic rings. The summed E-state index contributed by atoms with van der Waals surface area (Å²) in [5.74, 6) is -1.52. The average Bonchev–Trinajstić information content (AvgIpc) is 3.23. The van der Waals surface area contributed by atoms with Crippen molar-refractivity contribution in [2.45, 2.75) is 131 Å². The summed E-state index contributed by atoms with van der Waals surface area (Å²) in [5, 5.41) is 5.99. The second kappa shape index (κ2) is 15.1. The molecule has 0 saturated carbocycles. The smallest absolute Gasteiger partial charge is 0.418 e. The third kappa shape index (κ3) is 9.14. The summed E-state index contributed by atoms with van der Waals surface area (Å²) in [4.78, 5) is 53.4. The molecule has 3 amide bonds. The Morgan fingerprint density at radius 3 is 2.10 bits per heavy atom. The van der Waals surface area contributed by atoms with Crippen molar-refractivity contribution < 1.29 is 33.4 Å². The van der Waals surface area contributed by atoms with Crippen LogP contribution in [0.15, 0.2) is 36.4 Å². The molecule has 1 saturated heterocycles. The van der Waals surface area contributed by atoms with Crippen molar-refractivity contribution in [3.8, 4) is 5.75 Å². The number of ketones is 1. The standard InChI is InChI=1S/C38H54ClN3O7/c1-13-29(48-28-19-16-23(36(7,8)14-2)20-25(28)37(9,10)15-3)47-22-40-24-17-18-26(39)27(21-24)41-32(44)30(31(43)35(4,5)6)42-33(45)38(11,12)49-34(42)46/h16-21,29-30,40H,13-15,22H2,1-12H3,(H,41,44). The van der Waals surface area contributed by atoms with Gasteiger partial charge in [0.05, 0.1) is 10.7 Å². The number of hydrogen-bond acceptors (Lipinski definition) is 8. The van der Waals surface area contributed by atoms with Gasteiger partial charge >= 0.3 is 6.09 Å². The number of hydrogen-bond donors (Lipinski definition) is 2. The van der Waals surface area contributed by atoms with Crippen molar-refractivity contribution in [3.63, 3.8) is 0 Å². The number of carbonyl (C=O) groups is 4. The van der Waals surface area contributed by atoms with Crippen molar-refractivity contribution in [2.24, 2.45) is 5.41 Å². The van der Waals surface area contributed by atoms with Gasteiger partial charge in [0.15, 0.2) is 17.4 Å². The van der Waals surface area contributed by atoms with E-state index in [1.807, 2.05) is 13.0 Å². The summed E-state index contributed by atoms with van der Waals surface area (Å²) < 4.78 is 17.7. The van der Waals surface area contributed by atoms with Gasteiger partial charge in [0.2, 0.25) is 6.29 Å². The average molecular weight is 700 g/mol. The molecule has 3 rings (SSSR count). The Morgan fingerprint density at radius 1 is 0.939 bits per heavy atom. The normalized spacial score (nSPS) is 16.2. The number of rotatable bonds is 15. The van der Waals surface area contributed by atoms with Gasteiger partial charge in [-0.1, -0.05) is 93.0 Å². The molecule has 0 bridgehead atoms. The number of anilines is 2. The predicted octanol–water partition coefficient (Wildman–Crippen LogP) is 8.60. The zero-order valence-corrected chi connectivity index (χ0v) is 31.9. The van der Waals surface area contributed by atoms with E-state index in [9.17, 15) is 19.2 Å². The first-order valence-electron chi connectivity index (χ1n) is 17.0. The largest absolute Gasteiger partial charge is 0.465 e. The number of Topliss-reactive ketones (excluding diaryl/α,β-unsaturated/α-hetero) is 1. The molecule has 1 aliphatic rings. The molecule has 49 heavy (non-hydrogen) atoms. The molecule has 1 aliphatic heterocycles. The number of halogens is 1. The van der Waals surface area contributed by atoms with E-state index < -0.39 is 47.0 Å². The number of carbonyl (C=O) groups excluding carboxylic acids is 4. The van der Waals surface area contributed by atoms with Crippen LogP contribution in [0.4, 0.5) is 16.2 Å². The number of cyclic esters (lactones) is 1. The summed E-state index contributed by atoms with van der Waals surface area (Å²) >= 11 is 6.44. The Morgan fingerprint density at radius 2 is 1.57 bits per heavy atom. The molecule has 270 valence electrons. The SMILES string of the molecule is CCC(OCNc1ccc(Cl)c(NC(=O)C(C(=O)C(C)(C)C)N2C(=O)OC(C)(C)C2=O)c1)Oc1ccc(C(C)(C)CC)cc1C(C)(C)CC. The number of amides is 3. The molecule has 2 N–H and O–H groups in total. The van der Waals surface area contributed by atoms with E-state index in [1.54, 1.807) is 39.0 Å². The van der Waals surface area contributed by atoms with Crippen LogP contribution in [0.3, 0.4) is 0 Å². The molecule has 2 atom stereocenters. The van der Waals surface area contributed by atoms with E-state index in [1.165, 1.54) is 19.4 Å². The summed E-state index contributed by atoms with van der Waals surface area (Å²) in [7, 11) is 0. The van der Waals surface area contributed by atoms with Crippen LogP contribution in [0, 0.1) is 5.41 Å². The molecular weight excluding hydrogens is 646 g/mol. The fourth-order valence-electron chi connectivity index (χ4n) is 5.17. The number of nitrogens with zero attached hydrogens (tertiary/aromatic N) is 1. The van der Waals surface area contributed by atoms with Crippen molar-refractivity contribution in [1.29, 1.82) is 0 Å². The van der Waals surface area contributed by atoms with E-state index in [-0.39, 0.29) is 28.3 Å². The summed E-state index contributed by atoms with van der Waals surface area (Å²) in [5.41, 5.74) is 0.499. The van der Waals surface area contributed by atoms with Crippen LogP contribution in [-0.2, 0) is 34.7 Å². The fraction of sp³-hybridized carbons (Fsp3) is 0.579. The monoisotopic (exact) mass is 699 g/mol. The van der Waals surface area contributed by atoms with Crippen molar-refractivity contribution in [3.05, 3.63) is 52.5 Å². The molecule has 10 nitrogen and oxygen atoms in total. The van der Waals surface area contributed by atoms with Gasteiger partial charge in [-0.25, -0.2) is 9.69 Å². The number of ether oxygens (including phenoxy) is 3. The van der Waals surface area contributed by atoms with Crippen LogP contribution in [0.5, 0.6) is 5.75 Å². The van der Waals surface area contributed by atoms with Crippen LogP contribution in [-0.4, -0.2) is 53.3 Å². The third-order valence-electron chi connectivity index (χ3n) is 9.39. The van der Waals surface area contributed by atoms with Crippen LogP contribution in [0.1, 0.15) is 113 Å². The van der Waals surface area contributed by atoms with Crippen molar-refractivity contribution in [2.75, 3.05) is 17.4 Å². The van der Waals surface area contributed by atoms with Gasteiger partial charge in [0.25, 0.3) is 11.8 Å². The van der Waals surface area contributed by atoms with Gasteiger partial charge in [0, 0.05) is 23.1 Å². The first-order chi connectivity index (χ1) is 22.6. The Hall–Kier alpha value is -3.63. The quantitative estimate of drug-likeness (QED) is 0.140. The molecule has 0 aromatic heterocycles. The lowest BCUT2D eigenvalue weighted by Crippen LogP contribution is -2.55. The van der Waals surface area contributed by atoms with Crippen molar-refractivity contribution >= 4 is 46.7 Å². The Balaban J connectivity index is 1.77. The van der Waals surface area contributed by atoms with E-state index >= 15 is 0 Å². The lowest BCUT2D eigenvalue weighted by atomic mass is 9.76. The van der Waals surface area contributed by atoms with Crippen LogP contribution < -0.4 is 15.4 Å². The molecule has 1 fully saturated rings. The van der Waals surface area contributed by atoms with Gasteiger partial charge in [-0.2, -0.15) is 0 Å². The zero-order valence-electron chi connectivity index (χ0n) is 31.1. The maximum absolute atomic E-state index is 13.6. The summed E-state index contributed by atoms with van der Waals surface area (Å²) in [6.45, 7) is 23.0. The van der Waals surface area contributed by atoms with Gasteiger partial charge in [-0.05, 0) is 67.3 Å². The Kier molecular flexibility index (Phi) is 12.3. The fourth-order valence-corrected chi connectivity index (χ4v) is 5.34. The predicted molar refractivity (Wildman–Crippen MR) is 193 cm³/mol. The maximum atomic E-state index is 13.6. The molecule has 0 aliphatic carbocycles. The van der Waals surface area contributed by atoms with Gasteiger partial charge in [-0.15, -0.1) is 0 Å². The van der Waals surface area contributed by atoms with E-state index in [0.717, 1.165) is 24.2 Å². The molecule has 11 heteroatoms. The highest BCUT2D eigenvalue weighted by Crippen LogP contribution is 2.39. The highest BCUT2D eigenvalue weighted by molar-refractivity contribution is 6.34. The minimum Gasteiger partial charge on any atom is -0.465 e. The van der Waals surface area contributed by atoms with Crippen molar-refractivity contribution in [1.82, 2.24) is 4.90 Å². The molecule has 0 spiro atoms. The molecule has 1 heterocycles. The Bertz CT molecular complexity index is 1560. The molecule has 0 radical (unpaired) electrons. The lowest BCUT2D eigenvalue weighted by Gasteiger charge is -2.31. The van der Waals surface area contributed by atoms with Gasteiger partial charge in [0.1, 0.15) is 12.5 Å². The maximum Gasteiger partial charge on any atom is 0.418 e. The number of imide groups is 1. The number of benzene rings is 2. The van der Waals surface area contributed by atoms with Crippen LogP contribution in [0.2, 0.25) is 5.02 Å².